The summed E-state index contributed by atoms with van der Waals surface area (Å²) < 4.78 is 20.3. The van der Waals surface area contributed by atoms with Crippen molar-refractivity contribution in [3.8, 4) is 22.9 Å². The van der Waals surface area contributed by atoms with Crippen LogP contribution in [0.1, 0.15) is 24.6 Å². The lowest BCUT2D eigenvalue weighted by Gasteiger charge is -2.25. The van der Waals surface area contributed by atoms with E-state index in [1.807, 2.05) is 0 Å². The fourth-order valence-electron chi connectivity index (χ4n) is 4.45. The van der Waals surface area contributed by atoms with Gasteiger partial charge in [-0.05, 0) is 48.7 Å². The van der Waals surface area contributed by atoms with Gasteiger partial charge in [-0.15, -0.1) is 0 Å². The van der Waals surface area contributed by atoms with E-state index in [0.717, 1.165) is 40.3 Å². The van der Waals surface area contributed by atoms with Gasteiger partial charge in [-0.2, -0.15) is 9.97 Å². The SMILES string of the molecule is CNc1cc(F)cc2c1Cc1nc(Oc3cccnc3)nc(N3C[C@H](N)C[C@H]3C)c1-2. The molecule has 0 radical (unpaired) electrons. The van der Waals surface area contributed by atoms with Crippen LogP contribution in [-0.2, 0) is 6.42 Å². The second-order valence-corrected chi connectivity index (χ2v) is 7.85. The lowest BCUT2D eigenvalue weighted by molar-refractivity contribution is 0.438. The van der Waals surface area contributed by atoms with E-state index in [0.29, 0.717) is 18.7 Å². The Morgan fingerprint density at radius 2 is 2.17 bits per heavy atom. The number of nitrogens with two attached hydrogens (primary N) is 1. The topological polar surface area (TPSA) is 89.2 Å². The molecule has 8 heteroatoms. The van der Waals surface area contributed by atoms with Gasteiger partial charge in [0.1, 0.15) is 17.4 Å². The highest BCUT2D eigenvalue weighted by molar-refractivity contribution is 5.88. The third-order valence-electron chi connectivity index (χ3n) is 5.76. The molecule has 5 rings (SSSR count). The maximum absolute atomic E-state index is 14.4. The molecule has 1 aliphatic carbocycles. The molecular formula is C22H23FN6O. The Kier molecular flexibility index (Phi) is 4.51. The van der Waals surface area contributed by atoms with Gasteiger partial charge in [0.05, 0.1) is 11.9 Å². The van der Waals surface area contributed by atoms with Crippen LogP contribution in [0.25, 0.3) is 11.1 Å². The minimum absolute atomic E-state index is 0.0644. The van der Waals surface area contributed by atoms with E-state index in [1.165, 1.54) is 6.07 Å². The largest absolute Gasteiger partial charge is 0.423 e. The van der Waals surface area contributed by atoms with Gasteiger partial charge in [-0.3, -0.25) is 4.98 Å². The van der Waals surface area contributed by atoms with Crippen molar-refractivity contribution in [1.82, 2.24) is 15.0 Å². The number of halogens is 1. The van der Waals surface area contributed by atoms with Gasteiger partial charge >= 0.3 is 6.01 Å². The third-order valence-corrected chi connectivity index (χ3v) is 5.76. The fraction of sp³-hybridized carbons (Fsp3) is 0.318. The summed E-state index contributed by atoms with van der Waals surface area (Å²) in [5.41, 5.74) is 10.5. The minimum Gasteiger partial charge on any atom is -0.423 e. The molecule has 1 saturated heterocycles. The summed E-state index contributed by atoms with van der Waals surface area (Å²) in [5, 5.41) is 3.10. The van der Waals surface area contributed by atoms with Crippen LogP contribution in [0.5, 0.6) is 11.8 Å². The van der Waals surface area contributed by atoms with E-state index in [2.05, 4.69) is 27.1 Å². The van der Waals surface area contributed by atoms with Crippen molar-refractivity contribution in [2.45, 2.75) is 31.8 Å². The summed E-state index contributed by atoms with van der Waals surface area (Å²) >= 11 is 0. The Labute approximate surface area is 174 Å². The van der Waals surface area contributed by atoms with Crippen LogP contribution in [0.2, 0.25) is 0 Å². The summed E-state index contributed by atoms with van der Waals surface area (Å²) in [7, 11) is 1.79. The van der Waals surface area contributed by atoms with Crippen LogP contribution in [0, 0.1) is 5.82 Å². The molecule has 7 nitrogen and oxygen atoms in total. The number of nitrogens with zero attached hydrogens (tertiary/aromatic N) is 4. The predicted molar refractivity (Wildman–Crippen MR) is 113 cm³/mol. The maximum atomic E-state index is 14.4. The standard InChI is InChI=1S/C22H23FN6O/c1-12-6-14(24)11-29(12)21-20-17-7-13(23)8-18(25-2)16(17)9-19(20)27-22(28-21)30-15-4-3-5-26-10-15/h3-5,7-8,10,12,14,25H,6,9,11,24H2,1-2H3/t12-,14-/m1/s1. The van der Waals surface area contributed by atoms with Gasteiger partial charge in [-0.25, -0.2) is 4.39 Å². The van der Waals surface area contributed by atoms with Gasteiger partial charge in [0.25, 0.3) is 0 Å². The summed E-state index contributed by atoms with van der Waals surface area (Å²) in [6, 6.07) is 7.21. The number of hydrogen-bond acceptors (Lipinski definition) is 7. The van der Waals surface area contributed by atoms with E-state index in [9.17, 15) is 4.39 Å². The number of nitrogens with one attached hydrogen (secondary N) is 1. The van der Waals surface area contributed by atoms with E-state index < -0.39 is 0 Å². The predicted octanol–water partition coefficient (Wildman–Crippen LogP) is 3.34. The fourth-order valence-corrected chi connectivity index (χ4v) is 4.45. The summed E-state index contributed by atoms with van der Waals surface area (Å²) in [6.07, 6.45) is 4.75. The third kappa shape index (κ3) is 3.13. The number of pyridine rings is 1. The first kappa shape index (κ1) is 18.7. The minimum atomic E-state index is -0.293. The number of anilines is 2. The molecule has 1 aromatic carbocycles. The van der Waals surface area contributed by atoms with Gasteiger partial charge in [0.2, 0.25) is 0 Å². The van der Waals surface area contributed by atoms with Gasteiger partial charge in [0.15, 0.2) is 0 Å². The Morgan fingerprint density at radius 1 is 1.30 bits per heavy atom. The molecule has 30 heavy (non-hydrogen) atoms. The lowest BCUT2D eigenvalue weighted by atomic mass is 10.0. The Bertz CT molecular complexity index is 1110. The summed E-state index contributed by atoms with van der Waals surface area (Å²) in [6.45, 7) is 2.81. The quantitative estimate of drug-likeness (QED) is 0.537. The number of hydrogen-bond donors (Lipinski definition) is 2. The highest BCUT2D eigenvalue weighted by atomic mass is 19.1. The summed E-state index contributed by atoms with van der Waals surface area (Å²) in [4.78, 5) is 15.7. The number of benzene rings is 1. The zero-order valence-electron chi connectivity index (χ0n) is 16.9. The number of fused-ring (bicyclic) bond motifs is 3. The highest BCUT2D eigenvalue weighted by Crippen LogP contribution is 2.46. The molecule has 3 aromatic rings. The van der Waals surface area contributed by atoms with Crippen molar-refractivity contribution in [2.24, 2.45) is 5.73 Å². The molecule has 1 fully saturated rings. The molecule has 1 aliphatic heterocycles. The van der Waals surface area contributed by atoms with Crippen molar-refractivity contribution in [1.29, 1.82) is 0 Å². The highest BCUT2D eigenvalue weighted by Gasteiger charge is 2.35. The van der Waals surface area contributed by atoms with Crippen molar-refractivity contribution in [3.63, 3.8) is 0 Å². The molecule has 3 heterocycles. The molecule has 0 saturated carbocycles. The van der Waals surface area contributed by atoms with E-state index in [1.54, 1.807) is 37.6 Å². The molecule has 0 spiro atoms. The van der Waals surface area contributed by atoms with Crippen LogP contribution in [0.4, 0.5) is 15.9 Å². The smallest absolute Gasteiger partial charge is 0.324 e. The molecule has 0 bridgehead atoms. The monoisotopic (exact) mass is 406 g/mol. The second kappa shape index (κ2) is 7.21. The molecular weight excluding hydrogens is 383 g/mol. The average molecular weight is 406 g/mol. The molecule has 2 atom stereocenters. The maximum Gasteiger partial charge on any atom is 0.324 e. The molecule has 2 aliphatic rings. The zero-order valence-corrected chi connectivity index (χ0v) is 16.9. The normalized spacial score (nSPS) is 19.5. The Balaban J connectivity index is 1.67. The second-order valence-electron chi connectivity index (χ2n) is 7.85. The van der Waals surface area contributed by atoms with Crippen molar-refractivity contribution in [2.75, 3.05) is 23.8 Å². The van der Waals surface area contributed by atoms with Crippen molar-refractivity contribution in [3.05, 3.63) is 53.7 Å². The van der Waals surface area contributed by atoms with Gasteiger partial charge < -0.3 is 20.7 Å². The summed E-state index contributed by atoms with van der Waals surface area (Å²) in [5.74, 6) is 1.01. The first-order valence-corrected chi connectivity index (χ1v) is 10.0. The number of aromatic nitrogens is 3. The average Bonchev–Trinajstić information content (AvgIpc) is 3.26. The van der Waals surface area contributed by atoms with E-state index in [-0.39, 0.29) is 23.9 Å². The molecule has 154 valence electrons. The van der Waals surface area contributed by atoms with Crippen LogP contribution in [-0.4, -0.2) is 40.6 Å². The molecule has 0 amide bonds. The van der Waals surface area contributed by atoms with Crippen molar-refractivity contribution >= 4 is 11.5 Å². The molecule has 2 aromatic heterocycles. The van der Waals surface area contributed by atoms with Crippen molar-refractivity contribution < 1.29 is 9.13 Å². The first-order chi connectivity index (χ1) is 14.5. The zero-order chi connectivity index (χ0) is 20.8. The molecule has 0 unspecified atom stereocenters. The van der Waals surface area contributed by atoms with Gasteiger partial charge in [-0.1, -0.05) is 0 Å². The van der Waals surface area contributed by atoms with Crippen LogP contribution in [0.3, 0.4) is 0 Å². The van der Waals surface area contributed by atoms with Crippen LogP contribution >= 0.6 is 0 Å². The van der Waals surface area contributed by atoms with Gasteiger partial charge in [0, 0.05) is 49.5 Å². The number of rotatable bonds is 4. The van der Waals surface area contributed by atoms with E-state index >= 15 is 0 Å². The van der Waals surface area contributed by atoms with Crippen LogP contribution in [0.15, 0.2) is 36.7 Å². The van der Waals surface area contributed by atoms with E-state index in [4.69, 9.17) is 15.5 Å². The molecule has 3 N–H and O–H groups in total. The Hall–Kier alpha value is -3.26. The number of ether oxygens (including phenoxy) is 1. The Morgan fingerprint density at radius 3 is 2.87 bits per heavy atom. The lowest BCUT2D eigenvalue weighted by Crippen LogP contribution is -2.30. The first-order valence-electron chi connectivity index (χ1n) is 10.0. The van der Waals surface area contributed by atoms with Crippen LogP contribution < -0.4 is 20.7 Å².